The molecule has 1 aromatic rings. The van der Waals surface area contributed by atoms with Crippen LogP contribution in [0.15, 0.2) is 12.8 Å². The van der Waals surface area contributed by atoms with E-state index in [2.05, 4.69) is 11.6 Å². The zero-order valence-corrected chi connectivity index (χ0v) is 6.20. The lowest BCUT2D eigenvalue weighted by molar-refractivity contribution is 0.397. The number of hydrogen-bond acceptors (Lipinski definition) is 3. The molecule has 0 saturated carbocycles. The van der Waals surface area contributed by atoms with E-state index < -0.39 is 0 Å². The van der Waals surface area contributed by atoms with Crippen molar-refractivity contribution in [2.24, 2.45) is 0 Å². The topological polar surface area (TPSA) is 53.4 Å². The van der Waals surface area contributed by atoms with Crippen LogP contribution >= 0.6 is 0 Å². The van der Waals surface area contributed by atoms with Crippen LogP contribution in [0.4, 0.5) is 0 Å². The molecule has 3 heteroatoms. The fourth-order valence-corrected chi connectivity index (χ4v) is 0.746. The molecular weight excluding hydrogens is 154 g/mol. The Labute approximate surface area is 72.0 Å². The number of aromatic hydroxyl groups is 2. The van der Waals surface area contributed by atoms with E-state index in [1.807, 2.05) is 0 Å². The van der Waals surface area contributed by atoms with Crippen LogP contribution in [0.25, 0.3) is 6.08 Å². The first-order valence-electron chi connectivity index (χ1n) is 3.16. The fraction of sp³-hybridized carbons (Fsp3) is 0.222. The molecule has 2 N–H and O–H groups in total. The van der Waals surface area contributed by atoms with Gasteiger partial charge in [-0.3, -0.25) is 4.98 Å². The largest absolute Gasteiger partial charge is 0.504 e. The predicted octanol–water partition coefficient (Wildman–Crippen LogP) is 2.08. The van der Waals surface area contributed by atoms with E-state index in [-0.39, 0.29) is 18.9 Å². The van der Waals surface area contributed by atoms with Gasteiger partial charge in [-0.1, -0.05) is 20.1 Å². The minimum absolute atomic E-state index is 0. The van der Waals surface area contributed by atoms with Gasteiger partial charge in [0.15, 0.2) is 11.5 Å². The number of hydrogen-bond donors (Lipinski definition) is 2. The van der Waals surface area contributed by atoms with Gasteiger partial charge in [-0.2, -0.15) is 0 Å². The molecule has 0 radical (unpaired) electrons. The van der Waals surface area contributed by atoms with Crippen molar-refractivity contribution in [1.82, 2.24) is 4.98 Å². The van der Waals surface area contributed by atoms with Crippen molar-refractivity contribution in [3.8, 4) is 11.5 Å². The molecule has 0 atom stereocenters. The third-order valence-electron chi connectivity index (χ3n) is 1.46. The van der Waals surface area contributed by atoms with E-state index in [1.165, 1.54) is 12.3 Å². The maximum absolute atomic E-state index is 9.22. The summed E-state index contributed by atoms with van der Waals surface area (Å²) in [5.41, 5.74) is 0.848. The molecule has 12 heavy (non-hydrogen) atoms. The maximum atomic E-state index is 9.22. The van der Waals surface area contributed by atoms with Gasteiger partial charge >= 0.3 is 0 Å². The molecule has 0 aliphatic rings. The van der Waals surface area contributed by atoms with E-state index in [1.54, 1.807) is 6.92 Å². The van der Waals surface area contributed by atoms with Gasteiger partial charge in [0.1, 0.15) is 0 Å². The Hall–Kier alpha value is -1.51. The molecule has 0 amide bonds. The maximum Gasteiger partial charge on any atom is 0.179 e. The quantitative estimate of drug-likeness (QED) is 0.673. The minimum Gasteiger partial charge on any atom is -0.504 e. The van der Waals surface area contributed by atoms with Crippen molar-refractivity contribution < 1.29 is 10.2 Å². The van der Waals surface area contributed by atoms with Gasteiger partial charge in [0.2, 0.25) is 0 Å². The second kappa shape index (κ2) is 3.76. The van der Waals surface area contributed by atoms with Crippen molar-refractivity contribution in [2.45, 2.75) is 14.4 Å². The van der Waals surface area contributed by atoms with Gasteiger partial charge in [0.05, 0.1) is 5.69 Å². The van der Waals surface area contributed by atoms with Crippen LogP contribution in [0.5, 0.6) is 11.5 Å². The van der Waals surface area contributed by atoms with Crippen molar-refractivity contribution >= 4 is 6.08 Å². The summed E-state index contributed by atoms with van der Waals surface area (Å²) in [5, 5.41) is 18.4. The zero-order chi connectivity index (χ0) is 8.43. The van der Waals surface area contributed by atoms with Crippen molar-refractivity contribution in [3.63, 3.8) is 0 Å². The van der Waals surface area contributed by atoms with Crippen LogP contribution in [-0.2, 0) is 0 Å². The Bertz CT molecular complexity index is 295. The molecule has 0 unspecified atom stereocenters. The third-order valence-corrected chi connectivity index (χ3v) is 1.46. The SMILES string of the molecule is C.C=Cc1cnc(C)c(O)c1O. The molecule has 0 aliphatic carbocycles. The molecule has 1 heterocycles. The Morgan fingerprint density at radius 3 is 2.50 bits per heavy atom. The fourth-order valence-electron chi connectivity index (χ4n) is 0.746. The molecule has 3 nitrogen and oxygen atoms in total. The lowest BCUT2D eigenvalue weighted by Gasteiger charge is -2.02. The number of pyridine rings is 1. The van der Waals surface area contributed by atoms with Gasteiger partial charge in [-0.15, -0.1) is 0 Å². The Balaban J connectivity index is 0.00000121. The molecule has 0 bridgehead atoms. The summed E-state index contributed by atoms with van der Waals surface area (Å²) < 4.78 is 0. The summed E-state index contributed by atoms with van der Waals surface area (Å²) in [7, 11) is 0. The number of nitrogens with zero attached hydrogens (tertiary/aromatic N) is 1. The van der Waals surface area contributed by atoms with E-state index in [4.69, 9.17) is 5.11 Å². The summed E-state index contributed by atoms with van der Waals surface area (Å²) in [5.74, 6) is -0.338. The normalized spacial score (nSPS) is 8.75. The van der Waals surface area contributed by atoms with Gasteiger partial charge < -0.3 is 10.2 Å². The molecule has 0 fully saturated rings. The van der Waals surface area contributed by atoms with Crippen LogP contribution in [-0.4, -0.2) is 15.2 Å². The first-order chi connectivity index (χ1) is 5.16. The smallest absolute Gasteiger partial charge is 0.179 e. The molecule has 1 aromatic heterocycles. The highest BCUT2D eigenvalue weighted by atomic mass is 16.3. The standard InChI is InChI=1S/C8H9NO2.CH4/c1-3-6-4-9-5(2)7(10)8(6)11;/h3-4,10H,1H2,2H3,(H,9,11);1H4. The molecular formula is C9H13NO2. The molecule has 1 rings (SSSR count). The van der Waals surface area contributed by atoms with Gasteiger partial charge in [0, 0.05) is 11.8 Å². The first-order valence-corrected chi connectivity index (χ1v) is 3.16. The van der Waals surface area contributed by atoms with E-state index >= 15 is 0 Å². The first kappa shape index (κ1) is 10.5. The summed E-state index contributed by atoms with van der Waals surface area (Å²) in [6.07, 6.45) is 2.89. The van der Waals surface area contributed by atoms with Crippen molar-refractivity contribution in [3.05, 3.63) is 24.0 Å². The Kier molecular flexibility index (Phi) is 3.29. The summed E-state index contributed by atoms with van der Waals surface area (Å²) in [6.45, 7) is 5.06. The second-order valence-corrected chi connectivity index (χ2v) is 2.20. The van der Waals surface area contributed by atoms with E-state index in [9.17, 15) is 5.11 Å². The molecule has 66 valence electrons. The monoisotopic (exact) mass is 167 g/mol. The number of aryl methyl sites for hydroxylation is 1. The van der Waals surface area contributed by atoms with Crippen LogP contribution in [0.3, 0.4) is 0 Å². The average Bonchev–Trinajstić information content (AvgIpc) is 2.01. The lowest BCUT2D eigenvalue weighted by Crippen LogP contribution is -1.84. The Morgan fingerprint density at radius 2 is 2.00 bits per heavy atom. The van der Waals surface area contributed by atoms with Crippen LogP contribution in [0, 0.1) is 6.92 Å². The highest BCUT2D eigenvalue weighted by Crippen LogP contribution is 2.30. The van der Waals surface area contributed by atoms with Crippen LogP contribution in [0.1, 0.15) is 18.7 Å². The molecule has 0 aliphatic heterocycles. The van der Waals surface area contributed by atoms with Crippen molar-refractivity contribution in [2.75, 3.05) is 0 Å². The molecule has 0 spiro atoms. The molecule has 0 saturated heterocycles. The number of aromatic nitrogens is 1. The predicted molar refractivity (Wildman–Crippen MR) is 49.1 cm³/mol. The summed E-state index contributed by atoms with van der Waals surface area (Å²) >= 11 is 0. The van der Waals surface area contributed by atoms with E-state index in [0.717, 1.165) is 0 Å². The van der Waals surface area contributed by atoms with Gasteiger partial charge in [-0.05, 0) is 6.92 Å². The average molecular weight is 167 g/mol. The molecule has 0 aromatic carbocycles. The third kappa shape index (κ3) is 1.56. The summed E-state index contributed by atoms with van der Waals surface area (Å²) in [4.78, 5) is 3.83. The van der Waals surface area contributed by atoms with Gasteiger partial charge in [0.25, 0.3) is 0 Å². The zero-order valence-electron chi connectivity index (χ0n) is 6.20. The van der Waals surface area contributed by atoms with Crippen LogP contribution < -0.4 is 0 Å². The highest BCUT2D eigenvalue weighted by molar-refractivity contribution is 5.59. The second-order valence-electron chi connectivity index (χ2n) is 2.20. The van der Waals surface area contributed by atoms with Crippen molar-refractivity contribution in [1.29, 1.82) is 0 Å². The van der Waals surface area contributed by atoms with Gasteiger partial charge in [-0.25, -0.2) is 0 Å². The minimum atomic E-state index is -0.178. The Morgan fingerprint density at radius 1 is 1.42 bits per heavy atom. The van der Waals surface area contributed by atoms with Crippen LogP contribution in [0.2, 0.25) is 0 Å². The lowest BCUT2D eigenvalue weighted by atomic mass is 10.2. The van der Waals surface area contributed by atoms with E-state index in [0.29, 0.717) is 11.3 Å². The summed E-state index contributed by atoms with van der Waals surface area (Å²) in [6, 6.07) is 0. The number of rotatable bonds is 1. The highest BCUT2D eigenvalue weighted by Gasteiger charge is 2.06.